The van der Waals surface area contributed by atoms with Gasteiger partial charge in [0.1, 0.15) is 0 Å². The zero-order valence-corrected chi connectivity index (χ0v) is 15.2. The summed E-state index contributed by atoms with van der Waals surface area (Å²) in [5.74, 6) is 0.596. The van der Waals surface area contributed by atoms with Gasteiger partial charge >= 0.3 is 0 Å². The first kappa shape index (κ1) is 16.0. The first-order valence-electron chi connectivity index (χ1n) is 7.72. The number of rotatable bonds is 3. The summed E-state index contributed by atoms with van der Waals surface area (Å²) in [7, 11) is 0. The zero-order chi connectivity index (χ0) is 15.0. The Labute approximate surface area is 132 Å². The third kappa shape index (κ3) is 2.57. The Bertz CT molecular complexity index is 478. The van der Waals surface area contributed by atoms with Crippen LogP contribution in [0.5, 0.6) is 0 Å². The molecule has 1 aliphatic rings. The van der Waals surface area contributed by atoms with Crippen LogP contribution < -0.4 is 0 Å². The van der Waals surface area contributed by atoms with Crippen molar-refractivity contribution in [1.29, 1.82) is 0 Å². The molecule has 1 heterocycles. The molecule has 1 fully saturated rings. The normalized spacial score (nSPS) is 24.1. The maximum absolute atomic E-state index is 5.89. The molecule has 1 aromatic carbocycles. The molecule has 1 aliphatic heterocycles. The minimum Gasteiger partial charge on any atom is -0.378 e. The fourth-order valence-electron chi connectivity index (χ4n) is 3.58. The van der Waals surface area contributed by atoms with E-state index in [-0.39, 0.29) is 0 Å². The minimum absolute atomic E-state index is 0.403. The highest BCUT2D eigenvalue weighted by Crippen LogP contribution is 2.44. The SMILES string of the molecule is CCC1OCCC1C(Br)c1c(C)c(C)c(C)c(C)c1C. The maximum Gasteiger partial charge on any atom is 0.0615 e. The molecule has 0 spiro atoms. The number of halogens is 1. The topological polar surface area (TPSA) is 9.23 Å². The van der Waals surface area contributed by atoms with E-state index in [0.29, 0.717) is 16.8 Å². The molecule has 0 N–H and O–H groups in total. The average molecular weight is 339 g/mol. The van der Waals surface area contributed by atoms with Crippen LogP contribution in [0.2, 0.25) is 0 Å². The fourth-order valence-corrected chi connectivity index (χ4v) is 4.87. The van der Waals surface area contributed by atoms with Gasteiger partial charge in [-0.1, -0.05) is 22.9 Å². The van der Waals surface area contributed by atoms with Gasteiger partial charge in [0.25, 0.3) is 0 Å². The molecule has 0 radical (unpaired) electrons. The second kappa shape index (κ2) is 6.19. The van der Waals surface area contributed by atoms with Gasteiger partial charge in [0.05, 0.1) is 6.10 Å². The highest BCUT2D eigenvalue weighted by molar-refractivity contribution is 9.09. The lowest BCUT2D eigenvalue weighted by molar-refractivity contribution is 0.0872. The molecule has 1 aromatic rings. The van der Waals surface area contributed by atoms with E-state index in [1.165, 1.54) is 39.8 Å². The van der Waals surface area contributed by atoms with E-state index < -0.39 is 0 Å². The Morgan fingerprint density at radius 1 is 1.00 bits per heavy atom. The van der Waals surface area contributed by atoms with Crippen molar-refractivity contribution in [2.24, 2.45) is 5.92 Å². The predicted octanol–water partition coefficient (Wildman–Crippen LogP) is 5.48. The van der Waals surface area contributed by atoms with Gasteiger partial charge in [0.2, 0.25) is 0 Å². The number of ether oxygens (including phenoxy) is 1. The van der Waals surface area contributed by atoms with Gasteiger partial charge in [-0.3, -0.25) is 0 Å². The Balaban J connectivity index is 2.47. The molecular weight excluding hydrogens is 312 g/mol. The Hall–Kier alpha value is -0.340. The molecule has 1 saturated heterocycles. The highest BCUT2D eigenvalue weighted by Gasteiger charge is 2.35. The summed E-state index contributed by atoms with van der Waals surface area (Å²) < 4.78 is 5.89. The van der Waals surface area contributed by atoms with Crippen LogP contribution in [0, 0.1) is 40.5 Å². The first-order chi connectivity index (χ1) is 9.40. The first-order valence-corrected chi connectivity index (χ1v) is 8.64. The van der Waals surface area contributed by atoms with Crippen molar-refractivity contribution in [2.45, 2.75) is 65.3 Å². The van der Waals surface area contributed by atoms with E-state index in [0.717, 1.165) is 13.0 Å². The number of hydrogen-bond donors (Lipinski definition) is 0. The monoisotopic (exact) mass is 338 g/mol. The Morgan fingerprint density at radius 2 is 1.50 bits per heavy atom. The highest BCUT2D eigenvalue weighted by atomic mass is 79.9. The third-order valence-electron chi connectivity index (χ3n) is 5.37. The number of benzene rings is 1. The van der Waals surface area contributed by atoms with Gasteiger partial charge in [-0.05, 0) is 80.8 Å². The van der Waals surface area contributed by atoms with E-state index in [1.54, 1.807) is 0 Å². The van der Waals surface area contributed by atoms with Crippen molar-refractivity contribution >= 4 is 15.9 Å². The molecule has 0 aromatic heterocycles. The third-order valence-corrected chi connectivity index (χ3v) is 6.51. The summed E-state index contributed by atoms with van der Waals surface area (Å²) in [4.78, 5) is 0.410. The standard InChI is InChI=1S/C18H27BrO/c1-7-16-15(8-9-20-16)18(19)17-13(5)11(3)10(2)12(4)14(17)6/h15-16,18H,7-9H2,1-6H3. The van der Waals surface area contributed by atoms with Gasteiger partial charge in [-0.25, -0.2) is 0 Å². The molecule has 0 amide bonds. The summed E-state index contributed by atoms with van der Waals surface area (Å²) in [6.45, 7) is 14.4. The predicted molar refractivity (Wildman–Crippen MR) is 89.9 cm³/mol. The zero-order valence-electron chi connectivity index (χ0n) is 13.6. The summed E-state index contributed by atoms with van der Waals surface area (Å²) in [5, 5.41) is 0. The molecule has 112 valence electrons. The van der Waals surface area contributed by atoms with E-state index in [9.17, 15) is 0 Å². The number of alkyl halides is 1. The largest absolute Gasteiger partial charge is 0.378 e. The smallest absolute Gasteiger partial charge is 0.0615 e. The van der Waals surface area contributed by atoms with Crippen LogP contribution in [0.3, 0.4) is 0 Å². The molecule has 2 rings (SSSR count). The maximum atomic E-state index is 5.89. The summed E-state index contributed by atoms with van der Waals surface area (Å²) in [6, 6.07) is 0. The van der Waals surface area contributed by atoms with Crippen LogP contribution in [0.1, 0.15) is 58.0 Å². The molecule has 20 heavy (non-hydrogen) atoms. The lowest BCUT2D eigenvalue weighted by atomic mass is 9.83. The van der Waals surface area contributed by atoms with Crippen LogP contribution in [-0.2, 0) is 4.74 Å². The van der Waals surface area contributed by atoms with Crippen LogP contribution in [0.15, 0.2) is 0 Å². The van der Waals surface area contributed by atoms with Gasteiger partial charge in [-0.15, -0.1) is 0 Å². The molecular formula is C18H27BrO. The van der Waals surface area contributed by atoms with Crippen LogP contribution in [-0.4, -0.2) is 12.7 Å². The Kier molecular flexibility index (Phi) is 4.96. The van der Waals surface area contributed by atoms with E-state index in [1.807, 2.05) is 0 Å². The summed E-state index contributed by atoms with van der Waals surface area (Å²) >= 11 is 4.01. The summed E-state index contributed by atoms with van der Waals surface area (Å²) in [5.41, 5.74) is 8.74. The second-order valence-corrected chi connectivity index (χ2v) is 7.20. The van der Waals surface area contributed by atoms with Gasteiger partial charge in [0.15, 0.2) is 0 Å². The van der Waals surface area contributed by atoms with Crippen molar-refractivity contribution in [3.63, 3.8) is 0 Å². The second-order valence-electron chi connectivity index (χ2n) is 6.21. The van der Waals surface area contributed by atoms with Crippen molar-refractivity contribution < 1.29 is 4.74 Å². The molecule has 0 bridgehead atoms. The van der Waals surface area contributed by atoms with Crippen molar-refractivity contribution in [3.8, 4) is 0 Å². The van der Waals surface area contributed by atoms with E-state index in [4.69, 9.17) is 4.74 Å². The summed E-state index contributed by atoms with van der Waals surface area (Å²) in [6.07, 6.45) is 2.67. The quantitative estimate of drug-likeness (QED) is 0.663. The minimum atomic E-state index is 0.403. The number of hydrogen-bond acceptors (Lipinski definition) is 1. The fraction of sp³-hybridized carbons (Fsp3) is 0.667. The molecule has 0 saturated carbocycles. The van der Waals surface area contributed by atoms with Gasteiger partial charge in [-0.2, -0.15) is 0 Å². The van der Waals surface area contributed by atoms with Crippen molar-refractivity contribution in [2.75, 3.05) is 6.61 Å². The lowest BCUT2D eigenvalue weighted by Crippen LogP contribution is -2.20. The van der Waals surface area contributed by atoms with E-state index in [2.05, 4.69) is 57.5 Å². The van der Waals surface area contributed by atoms with Gasteiger partial charge < -0.3 is 4.74 Å². The lowest BCUT2D eigenvalue weighted by Gasteiger charge is -2.28. The average Bonchev–Trinajstić information content (AvgIpc) is 2.91. The van der Waals surface area contributed by atoms with Crippen LogP contribution in [0.25, 0.3) is 0 Å². The van der Waals surface area contributed by atoms with Gasteiger partial charge in [0, 0.05) is 17.4 Å². The van der Waals surface area contributed by atoms with Crippen LogP contribution >= 0.6 is 15.9 Å². The molecule has 2 heteroatoms. The molecule has 3 atom stereocenters. The van der Waals surface area contributed by atoms with Crippen molar-refractivity contribution in [1.82, 2.24) is 0 Å². The molecule has 3 unspecified atom stereocenters. The molecule has 1 nitrogen and oxygen atoms in total. The Morgan fingerprint density at radius 3 is 2.00 bits per heavy atom. The van der Waals surface area contributed by atoms with Crippen LogP contribution in [0.4, 0.5) is 0 Å². The molecule has 0 aliphatic carbocycles. The van der Waals surface area contributed by atoms with E-state index >= 15 is 0 Å². The van der Waals surface area contributed by atoms with Crippen molar-refractivity contribution in [3.05, 3.63) is 33.4 Å².